The van der Waals surface area contributed by atoms with Crippen molar-refractivity contribution in [3.63, 3.8) is 0 Å². The number of aromatic nitrogens is 1. The van der Waals surface area contributed by atoms with Gasteiger partial charge in [0.25, 0.3) is 0 Å². The van der Waals surface area contributed by atoms with Crippen molar-refractivity contribution in [2.24, 2.45) is 0 Å². The maximum atomic E-state index is 5.78. The fourth-order valence-corrected chi connectivity index (χ4v) is 3.10. The summed E-state index contributed by atoms with van der Waals surface area (Å²) in [6.45, 7) is 1.37. The molecule has 1 fully saturated rings. The molecule has 3 nitrogen and oxygen atoms in total. The van der Waals surface area contributed by atoms with Crippen LogP contribution in [0, 0.1) is 0 Å². The molecule has 1 aromatic carbocycles. The van der Waals surface area contributed by atoms with Gasteiger partial charge in [-0.2, -0.15) is 0 Å². The van der Waals surface area contributed by atoms with Crippen molar-refractivity contribution in [1.29, 1.82) is 0 Å². The highest BCUT2D eigenvalue weighted by Gasteiger charge is 2.19. The lowest BCUT2D eigenvalue weighted by molar-refractivity contribution is 0.299. The van der Waals surface area contributed by atoms with E-state index in [0.29, 0.717) is 6.61 Å². The molecule has 1 aliphatic carbocycles. The fraction of sp³-hybridized carbons (Fsp3) is 0.312. The summed E-state index contributed by atoms with van der Waals surface area (Å²) in [5, 5.41) is 3.48. The zero-order valence-electron chi connectivity index (χ0n) is 11.5. The van der Waals surface area contributed by atoms with Crippen molar-refractivity contribution >= 4 is 31.9 Å². The van der Waals surface area contributed by atoms with E-state index in [1.165, 1.54) is 18.4 Å². The van der Waals surface area contributed by atoms with Crippen LogP contribution in [0.4, 0.5) is 0 Å². The average Bonchev–Trinajstić information content (AvgIpc) is 3.30. The summed E-state index contributed by atoms with van der Waals surface area (Å²) in [5.74, 6) is 0.819. The van der Waals surface area contributed by atoms with E-state index in [-0.39, 0.29) is 0 Å². The molecule has 1 N–H and O–H groups in total. The first-order valence-electron chi connectivity index (χ1n) is 6.96. The van der Waals surface area contributed by atoms with E-state index < -0.39 is 0 Å². The molecule has 0 amide bonds. The van der Waals surface area contributed by atoms with Crippen LogP contribution < -0.4 is 10.1 Å². The van der Waals surface area contributed by atoms with Crippen molar-refractivity contribution in [3.05, 3.63) is 56.7 Å². The Hall–Kier alpha value is -0.910. The van der Waals surface area contributed by atoms with Crippen molar-refractivity contribution < 1.29 is 4.74 Å². The molecule has 3 rings (SSSR count). The Morgan fingerprint density at radius 2 is 2.05 bits per heavy atom. The van der Waals surface area contributed by atoms with E-state index in [9.17, 15) is 0 Å². The summed E-state index contributed by atoms with van der Waals surface area (Å²) >= 11 is 6.91. The third kappa shape index (κ3) is 4.53. The third-order valence-corrected chi connectivity index (χ3v) is 4.44. The number of hydrogen-bond acceptors (Lipinski definition) is 3. The molecule has 0 atom stereocenters. The lowest BCUT2D eigenvalue weighted by atomic mass is 10.2. The lowest BCUT2D eigenvalue weighted by Crippen LogP contribution is -2.15. The monoisotopic (exact) mass is 410 g/mol. The Morgan fingerprint density at radius 1 is 1.19 bits per heavy atom. The van der Waals surface area contributed by atoms with E-state index in [2.05, 4.69) is 48.2 Å². The molecular weight excluding hydrogens is 396 g/mol. The van der Waals surface area contributed by atoms with E-state index in [1.54, 1.807) is 0 Å². The second-order valence-corrected chi connectivity index (χ2v) is 6.95. The predicted octanol–water partition coefficient (Wildman–Crippen LogP) is 4.44. The van der Waals surface area contributed by atoms with Gasteiger partial charge >= 0.3 is 0 Å². The van der Waals surface area contributed by atoms with Crippen molar-refractivity contribution in [1.82, 2.24) is 10.3 Å². The van der Waals surface area contributed by atoms with Crippen LogP contribution in [-0.2, 0) is 13.2 Å². The third-order valence-electron chi connectivity index (χ3n) is 3.33. The number of nitrogens with one attached hydrogen (secondary N) is 1. The number of hydrogen-bond donors (Lipinski definition) is 1. The first kappa shape index (κ1) is 15.0. The Balaban J connectivity index is 1.54. The van der Waals surface area contributed by atoms with Crippen LogP contribution in [0.15, 0.2) is 45.5 Å². The Morgan fingerprint density at radius 3 is 2.71 bits per heavy atom. The zero-order valence-corrected chi connectivity index (χ0v) is 14.7. The maximum Gasteiger partial charge on any atom is 0.134 e. The highest BCUT2D eigenvalue weighted by Crippen LogP contribution is 2.28. The molecular formula is C16H16Br2N2O. The number of ether oxygens (including phenoxy) is 1. The normalized spacial score (nSPS) is 14.2. The van der Waals surface area contributed by atoms with Gasteiger partial charge in [-0.1, -0.05) is 22.0 Å². The van der Waals surface area contributed by atoms with Gasteiger partial charge in [0.15, 0.2) is 0 Å². The van der Waals surface area contributed by atoms with Gasteiger partial charge in [0.05, 0.1) is 10.2 Å². The van der Waals surface area contributed by atoms with Gasteiger partial charge in [-0.25, -0.2) is 0 Å². The smallest absolute Gasteiger partial charge is 0.134 e. The molecule has 1 aliphatic rings. The zero-order chi connectivity index (χ0) is 14.7. The van der Waals surface area contributed by atoms with Gasteiger partial charge in [0.1, 0.15) is 12.4 Å². The summed E-state index contributed by atoms with van der Waals surface area (Å²) in [5.41, 5.74) is 2.15. The van der Waals surface area contributed by atoms with Crippen LogP contribution in [0.2, 0.25) is 0 Å². The SMILES string of the molecule is Brc1ccc(OCc2ccc(CNC3CC3)cn2)c(Br)c1. The van der Waals surface area contributed by atoms with Crippen LogP contribution in [0.25, 0.3) is 0 Å². The fourth-order valence-electron chi connectivity index (χ4n) is 1.94. The Kier molecular flexibility index (Phi) is 4.93. The molecule has 2 aromatic rings. The molecule has 110 valence electrons. The van der Waals surface area contributed by atoms with E-state index in [0.717, 1.165) is 33.0 Å². The van der Waals surface area contributed by atoms with Crippen LogP contribution in [0.3, 0.4) is 0 Å². The molecule has 1 saturated carbocycles. The van der Waals surface area contributed by atoms with Crippen LogP contribution in [-0.4, -0.2) is 11.0 Å². The van der Waals surface area contributed by atoms with E-state index in [1.807, 2.05) is 30.5 Å². The molecule has 0 unspecified atom stereocenters. The summed E-state index contributed by atoms with van der Waals surface area (Å²) in [6, 6.07) is 10.7. The molecule has 0 radical (unpaired) electrons. The van der Waals surface area contributed by atoms with Gasteiger partial charge in [0, 0.05) is 23.3 Å². The van der Waals surface area contributed by atoms with Gasteiger partial charge in [-0.05, 0) is 58.6 Å². The summed E-state index contributed by atoms with van der Waals surface area (Å²) < 4.78 is 7.73. The number of benzene rings is 1. The number of rotatable bonds is 6. The van der Waals surface area contributed by atoms with E-state index >= 15 is 0 Å². The standard InChI is InChI=1S/C16H16Br2N2O/c17-12-2-6-16(15(18)7-12)21-10-14-3-1-11(9-20-14)8-19-13-4-5-13/h1-3,6-7,9,13,19H,4-5,8,10H2. The number of pyridine rings is 1. The number of halogens is 2. The largest absolute Gasteiger partial charge is 0.486 e. The lowest BCUT2D eigenvalue weighted by Gasteiger charge is -2.09. The summed E-state index contributed by atoms with van der Waals surface area (Å²) in [7, 11) is 0. The van der Waals surface area contributed by atoms with Gasteiger partial charge in [0.2, 0.25) is 0 Å². The topological polar surface area (TPSA) is 34.1 Å². The molecule has 0 spiro atoms. The highest BCUT2D eigenvalue weighted by atomic mass is 79.9. The van der Waals surface area contributed by atoms with Crippen molar-refractivity contribution in [2.45, 2.75) is 32.0 Å². The van der Waals surface area contributed by atoms with Gasteiger partial charge < -0.3 is 10.1 Å². The van der Waals surface area contributed by atoms with Gasteiger partial charge in [-0.3, -0.25) is 4.98 Å². The molecule has 1 aromatic heterocycles. The number of nitrogens with zero attached hydrogens (tertiary/aromatic N) is 1. The molecule has 0 aliphatic heterocycles. The van der Waals surface area contributed by atoms with Crippen LogP contribution >= 0.6 is 31.9 Å². The molecule has 0 saturated heterocycles. The first-order chi connectivity index (χ1) is 10.2. The molecule has 0 bridgehead atoms. The second-order valence-electron chi connectivity index (χ2n) is 5.18. The average molecular weight is 412 g/mol. The maximum absolute atomic E-state index is 5.78. The van der Waals surface area contributed by atoms with Crippen molar-refractivity contribution in [2.75, 3.05) is 0 Å². The Bertz CT molecular complexity index is 612. The quantitative estimate of drug-likeness (QED) is 0.762. The highest BCUT2D eigenvalue weighted by molar-refractivity contribution is 9.11. The molecule has 1 heterocycles. The minimum atomic E-state index is 0.469. The molecule has 21 heavy (non-hydrogen) atoms. The second kappa shape index (κ2) is 6.90. The van der Waals surface area contributed by atoms with Crippen LogP contribution in [0.1, 0.15) is 24.1 Å². The summed E-state index contributed by atoms with van der Waals surface area (Å²) in [4.78, 5) is 4.45. The first-order valence-corrected chi connectivity index (χ1v) is 8.54. The van der Waals surface area contributed by atoms with Crippen molar-refractivity contribution in [3.8, 4) is 5.75 Å². The Labute approximate surface area is 141 Å². The van der Waals surface area contributed by atoms with E-state index in [4.69, 9.17) is 4.74 Å². The summed E-state index contributed by atoms with van der Waals surface area (Å²) in [6.07, 6.45) is 4.54. The van der Waals surface area contributed by atoms with Gasteiger partial charge in [-0.15, -0.1) is 0 Å². The predicted molar refractivity (Wildman–Crippen MR) is 90.3 cm³/mol. The van der Waals surface area contributed by atoms with Crippen LogP contribution in [0.5, 0.6) is 5.75 Å². The minimum Gasteiger partial charge on any atom is -0.486 e. The molecule has 5 heteroatoms. The minimum absolute atomic E-state index is 0.469.